The molecule has 24 heavy (non-hydrogen) atoms. The van der Waals surface area contributed by atoms with Crippen LogP contribution in [0.25, 0.3) is 11.1 Å². The van der Waals surface area contributed by atoms with Crippen LogP contribution in [-0.2, 0) is 11.2 Å². The van der Waals surface area contributed by atoms with Gasteiger partial charge in [-0.25, -0.2) is 0 Å². The molecular weight excluding hydrogens is 308 g/mol. The van der Waals surface area contributed by atoms with Crippen molar-refractivity contribution < 1.29 is 19.1 Å². The largest absolute Gasteiger partial charge is 0.495 e. The van der Waals surface area contributed by atoms with Crippen molar-refractivity contribution in [1.82, 2.24) is 5.32 Å². The number of carbonyl (C=O) groups is 2. The fraction of sp³-hybridized carbons (Fsp3) is 0.222. The van der Waals surface area contributed by atoms with Crippen LogP contribution < -0.4 is 20.1 Å². The predicted molar refractivity (Wildman–Crippen MR) is 88.6 cm³/mol. The third-order valence-electron chi connectivity index (χ3n) is 4.28. The Morgan fingerprint density at radius 2 is 2.00 bits per heavy atom. The number of ether oxygens (including phenoxy) is 2. The average Bonchev–Trinajstić information content (AvgIpc) is 2.89. The minimum atomic E-state index is -0.149. The minimum Gasteiger partial charge on any atom is -0.495 e. The van der Waals surface area contributed by atoms with Crippen molar-refractivity contribution in [3.63, 3.8) is 0 Å². The molecule has 2 aromatic carbocycles. The summed E-state index contributed by atoms with van der Waals surface area (Å²) in [5, 5.41) is 5.65. The molecule has 0 fully saturated rings. The van der Waals surface area contributed by atoms with Gasteiger partial charge in [-0.1, -0.05) is 12.1 Å². The highest BCUT2D eigenvalue weighted by Crippen LogP contribution is 2.40. The van der Waals surface area contributed by atoms with Crippen LogP contribution in [0.4, 0.5) is 5.69 Å². The van der Waals surface area contributed by atoms with Crippen molar-refractivity contribution in [2.45, 2.75) is 6.42 Å². The second-order valence-electron chi connectivity index (χ2n) is 5.71. The lowest BCUT2D eigenvalue weighted by Gasteiger charge is -2.13. The predicted octanol–water partition coefficient (Wildman–Crippen LogP) is 1.98. The molecule has 0 aromatic heterocycles. The van der Waals surface area contributed by atoms with Gasteiger partial charge in [0.2, 0.25) is 5.91 Å². The number of amides is 2. The van der Waals surface area contributed by atoms with E-state index in [0.717, 1.165) is 16.7 Å². The Hall–Kier alpha value is -3.02. The van der Waals surface area contributed by atoms with Crippen LogP contribution in [0.5, 0.6) is 11.5 Å². The summed E-state index contributed by atoms with van der Waals surface area (Å²) < 4.78 is 10.9. The lowest BCUT2D eigenvalue weighted by atomic mass is 9.95. The van der Waals surface area contributed by atoms with Gasteiger partial charge in [0, 0.05) is 0 Å². The Morgan fingerprint density at radius 1 is 1.12 bits per heavy atom. The van der Waals surface area contributed by atoms with Crippen LogP contribution in [0.3, 0.4) is 0 Å². The molecule has 0 aliphatic carbocycles. The molecule has 0 spiro atoms. The zero-order chi connectivity index (χ0) is 16.7. The number of carbonyl (C=O) groups excluding carboxylic acids is 2. The summed E-state index contributed by atoms with van der Waals surface area (Å²) in [6.45, 7) is 0.938. The molecule has 2 aromatic rings. The Kier molecular flexibility index (Phi) is 3.37. The number of hydrogen-bond acceptors (Lipinski definition) is 4. The fourth-order valence-corrected chi connectivity index (χ4v) is 3.15. The third kappa shape index (κ3) is 2.27. The lowest BCUT2D eigenvalue weighted by Crippen LogP contribution is -2.24. The molecule has 4 rings (SSSR count). The lowest BCUT2D eigenvalue weighted by molar-refractivity contribution is -0.115. The number of nitrogens with one attached hydrogen (secondary N) is 2. The van der Waals surface area contributed by atoms with Gasteiger partial charge in [-0.2, -0.15) is 0 Å². The van der Waals surface area contributed by atoms with Crippen LogP contribution in [-0.4, -0.2) is 32.1 Å². The summed E-state index contributed by atoms with van der Waals surface area (Å²) in [6, 6.07) is 9.25. The minimum absolute atomic E-state index is 0.0633. The van der Waals surface area contributed by atoms with Gasteiger partial charge in [0.15, 0.2) is 0 Å². The molecule has 2 amide bonds. The maximum absolute atomic E-state index is 12.2. The number of rotatable bonds is 2. The summed E-state index contributed by atoms with van der Waals surface area (Å²) in [5.74, 6) is 0.999. The zero-order valence-electron chi connectivity index (χ0n) is 13.1. The Morgan fingerprint density at radius 3 is 2.83 bits per heavy atom. The Labute approximate surface area is 138 Å². The Bertz CT molecular complexity index is 860. The molecule has 0 saturated heterocycles. The van der Waals surface area contributed by atoms with E-state index in [1.165, 1.54) is 0 Å². The van der Waals surface area contributed by atoms with E-state index in [-0.39, 0.29) is 11.8 Å². The Balaban J connectivity index is 1.85. The first-order valence-corrected chi connectivity index (χ1v) is 7.72. The van der Waals surface area contributed by atoms with Gasteiger partial charge < -0.3 is 20.1 Å². The summed E-state index contributed by atoms with van der Waals surface area (Å²) in [6.07, 6.45) is 0.293. The van der Waals surface area contributed by atoms with E-state index in [9.17, 15) is 9.59 Å². The molecular formula is C18H16N2O4. The summed E-state index contributed by atoms with van der Waals surface area (Å²) in [7, 11) is 1.57. The highest BCUT2D eigenvalue weighted by Gasteiger charge is 2.26. The number of anilines is 1. The van der Waals surface area contributed by atoms with Crippen molar-refractivity contribution in [1.29, 1.82) is 0 Å². The van der Waals surface area contributed by atoms with Gasteiger partial charge in [-0.15, -0.1) is 0 Å². The first-order valence-electron chi connectivity index (χ1n) is 7.72. The quantitative estimate of drug-likeness (QED) is 0.885. The topological polar surface area (TPSA) is 76.7 Å². The number of methoxy groups -OCH3 is 1. The van der Waals surface area contributed by atoms with Gasteiger partial charge >= 0.3 is 0 Å². The van der Waals surface area contributed by atoms with E-state index in [1.54, 1.807) is 19.2 Å². The second kappa shape index (κ2) is 5.56. The second-order valence-corrected chi connectivity index (χ2v) is 5.71. The van der Waals surface area contributed by atoms with E-state index in [1.807, 2.05) is 18.2 Å². The summed E-state index contributed by atoms with van der Waals surface area (Å²) in [4.78, 5) is 24.0. The zero-order valence-corrected chi connectivity index (χ0v) is 13.1. The molecule has 0 radical (unpaired) electrons. The molecule has 0 unspecified atom stereocenters. The molecule has 2 heterocycles. The standard InChI is InChI=1S/C18H16N2O4/c1-23-15-5-3-11(12-9-16(21)20-17(12)15)10-2-4-14-13(8-10)18(22)19-6-7-24-14/h2-5,8H,6-7,9H2,1H3,(H,19,22)(H,20,21). The highest BCUT2D eigenvalue weighted by atomic mass is 16.5. The molecule has 2 N–H and O–H groups in total. The normalized spacial score (nSPS) is 15.5. The van der Waals surface area contributed by atoms with E-state index in [4.69, 9.17) is 9.47 Å². The monoisotopic (exact) mass is 324 g/mol. The van der Waals surface area contributed by atoms with Crippen LogP contribution >= 0.6 is 0 Å². The molecule has 0 atom stereocenters. The van der Waals surface area contributed by atoms with E-state index < -0.39 is 0 Å². The van der Waals surface area contributed by atoms with Crippen LogP contribution in [0, 0.1) is 0 Å². The third-order valence-corrected chi connectivity index (χ3v) is 4.28. The van der Waals surface area contributed by atoms with E-state index in [0.29, 0.717) is 42.3 Å². The number of hydrogen-bond donors (Lipinski definition) is 2. The van der Waals surface area contributed by atoms with E-state index >= 15 is 0 Å². The first-order chi connectivity index (χ1) is 11.7. The van der Waals surface area contributed by atoms with E-state index in [2.05, 4.69) is 10.6 Å². The van der Waals surface area contributed by atoms with Gasteiger partial charge in [0.25, 0.3) is 5.91 Å². The first kappa shape index (κ1) is 14.6. The van der Waals surface area contributed by atoms with Crippen LogP contribution in [0.2, 0.25) is 0 Å². The molecule has 0 bridgehead atoms. The number of benzene rings is 2. The molecule has 6 nitrogen and oxygen atoms in total. The van der Waals surface area contributed by atoms with Crippen molar-refractivity contribution in [3.8, 4) is 22.6 Å². The molecule has 122 valence electrons. The van der Waals surface area contributed by atoms with Crippen LogP contribution in [0.15, 0.2) is 30.3 Å². The van der Waals surface area contributed by atoms with Crippen molar-refractivity contribution in [2.75, 3.05) is 25.6 Å². The number of fused-ring (bicyclic) bond motifs is 2. The van der Waals surface area contributed by atoms with Gasteiger partial charge in [-0.3, -0.25) is 9.59 Å². The van der Waals surface area contributed by atoms with Crippen molar-refractivity contribution in [3.05, 3.63) is 41.5 Å². The van der Waals surface area contributed by atoms with Crippen LogP contribution in [0.1, 0.15) is 15.9 Å². The fourth-order valence-electron chi connectivity index (χ4n) is 3.15. The smallest absolute Gasteiger partial charge is 0.255 e. The maximum atomic E-state index is 12.2. The SMILES string of the molecule is COc1ccc(-c2ccc3c(c2)C(=O)NCCO3)c2c1NC(=O)C2. The molecule has 2 aliphatic heterocycles. The molecule has 0 saturated carbocycles. The van der Waals surface area contributed by atoms with Gasteiger partial charge in [-0.05, 0) is 34.9 Å². The summed E-state index contributed by atoms with van der Waals surface area (Å²) >= 11 is 0. The van der Waals surface area contributed by atoms with Crippen molar-refractivity contribution >= 4 is 17.5 Å². The highest BCUT2D eigenvalue weighted by molar-refractivity contribution is 6.04. The average molecular weight is 324 g/mol. The molecule has 6 heteroatoms. The van der Waals surface area contributed by atoms with Gasteiger partial charge in [0.05, 0.1) is 31.3 Å². The summed E-state index contributed by atoms with van der Waals surface area (Å²) in [5.41, 5.74) is 3.87. The molecule has 2 aliphatic rings. The van der Waals surface area contributed by atoms with Crippen molar-refractivity contribution in [2.24, 2.45) is 0 Å². The van der Waals surface area contributed by atoms with Gasteiger partial charge in [0.1, 0.15) is 18.1 Å². The maximum Gasteiger partial charge on any atom is 0.255 e.